The average Bonchev–Trinajstić information content (AvgIpc) is 4.06. The molecule has 24 heteroatoms. The van der Waals surface area contributed by atoms with Crippen LogP contribution in [0.15, 0.2) is 37.6 Å². The van der Waals surface area contributed by atoms with E-state index in [4.69, 9.17) is 45.6 Å². The number of piperidine rings is 3. The summed E-state index contributed by atoms with van der Waals surface area (Å²) in [5.41, 5.74) is 20.5. The minimum absolute atomic E-state index is 0.0736. The predicted molar refractivity (Wildman–Crippen MR) is 294 cm³/mol. The quantitative estimate of drug-likeness (QED) is 0.155. The zero-order valence-electron chi connectivity index (χ0n) is 40.1. The highest BCUT2D eigenvalue weighted by molar-refractivity contribution is 14.1. The molecule has 0 bridgehead atoms. The van der Waals surface area contributed by atoms with Crippen LogP contribution >= 0.6 is 67.8 Å². The van der Waals surface area contributed by atoms with Crippen molar-refractivity contribution in [3.05, 3.63) is 48.3 Å². The number of nitrogen functional groups attached to an aromatic ring is 3. The molecule has 384 valence electrons. The molecule has 6 saturated heterocycles. The Bertz CT molecular complexity index is 2590. The van der Waals surface area contributed by atoms with E-state index in [9.17, 15) is 0 Å². The number of aromatic nitrogens is 9. The van der Waals surface area contributed by atoms with E-state index >= 15 is 0 Å². The highest BCUT2D eigenvalue weighted by atomic mass is 127. The van der Waals surface area contributed by atoms with Gasteiger partial charge in [0.2, 0.25) is 0 Å². The van der Waals surface area contributed by atoms with Gasteiger partial charge in [-0.2, -0.15) is 0 Å². The summed E-state index contributed by atoms with van der Waals surface area (Å²) in [6.45, 7) is 10.4. The van der Waals surface area contributed by atoms with E-state index in [1.54, 1.807) is 0 Å². The van der Waals surface area contributed by atoms with Crippen molar-refractivity contribution in [2.75, 3.05) is 110 Å². The number of nitrogens with two attached hydrogens (primary N) is 3. The highest BCUT2D eigenvalue weighted by Crippen LogP contribution is 2.35. The van der Waals surface area contributed by atoms with Gasteiger partial charge in [0, 0.05) is 47.1 Å². The second kappa shape index (κ2) is 23.3. The van der Waals surface area contributed by atoms with Gasteiger partial charge in [0.15, 0.2) is 18.9 Å². The number of fused-ring (bicyclic) bond motifs is 3. The van der Waals surface area contributed by atoms with Crippen LogP contribution in [0.4, 0.5) is 17.5 Å². The van der Waals surface area contributed by atoms with Gasteiger partial charge in [-0.1, -0.05) is 0 Å². The van der Waals surface area contributed by atoms with Crippen molar-refractivity contribution < 1.29 is 28.4 Å². The molecule has 0 spiro atoms. The SMILES string of the molecule is CN1CCC(C2OCC(n3cc(I)c4c(N)ncnc43)CO2)CC1.CN1CCC(C2OCC(n3cc(I)c4c(N)ncnc43)CO2)CC1.Nc1ncnc2c1c(I)cn2C1COC(C2CCNCC2)OC1. The fourth-order valence-corrected chi connectivity index (χ4v) is 13.0. The lowest BCUT2D eigenvalue weighted by Gasteiger charge is -2.38. The largest absolute Gasteiger partial charge is 0.383 e. The van der Waals surface area contributed by atoms with Crippen molar-refractivity contribution in [3.63, 3.8) is 0 Å². The van der Waals surface area contributed by atoms with Crippen molar-refractivity contribution in [2.45, 2.75) is 75.5 Å². The Morgan fingerprint density at radius 1 is 0.451 bits per heavy atom. The molecule has 12 heterocycles. The summed E-state index contributed by atoms with van der Waals surface area (Å²) in [6.07, 6.45) is 17.3. The van der Waals surface area contributed by atoms with Gasteiger partial charge in [-0.25, -0.2) is 29.9 Å². The number of anilines is 3. The Morgan fingerprint density at radius 3 is 1.03 bits per heavy atom. The zero-order chi connectivity index (χ0) is 49.2. The number of hydrogen-bond acceptors (Lipinski definition) is 18. The van der Waals surface area contributed by atoms with Crippen LogP contribution in [0.3, 0.4) is 0 Å². The summed E-state index contributed by atoms with van der Waals surface area (Å²) in [7, 11) is 4.34. The minimum atomic E-state index is -0.0751. The second-order valence-electron chi connectivity index (χ2n) is 19.5. The molecule has 6 fully saturated rings. The molecule has 21 nitrogen and oxygen atoms in total. The third-order valence-electron chi connectivity index (χ3n) is 14.7. The van der Waals surface area contributed by atoms with Crippen molar-refractivity contribution in [2.24, 2.45) is 17.8 Å². The molecule has 12 rings (SSSR count). The number of ether oxygens (including phenoxy) is 6. The Hall–Kier alpha value is -2.91. The molecule has 0 unspecified atom stereocenters. The van der Waals surface area contributed by atoms with Crippen LogP contribution < -0.4 is 22.5 Å². The first-order valence-corrected chi connectivity index (χ1v) is 27.8. The van der Waals surface area contributed by atoms with Gasteiger partial charge in [-0.3, -0.25) is 0 Å². The molecular formula is C47H64I3N15O6. The second-order valence-corrected chi connectivity index (χ2v) is 22.9. The maximum Gasteiger partial charge on any atom is 0.160 e. The molecule has 6 aromatic rings. The van der Waals surface area contributed by atoms with E-state index in [2.05, 4.69) is 159 Å². The molecule has 0 amide bonds. The zero-order valence-corrected chi connectivity index (χ0v) is 46.6. The molecule has 6 aliphatic rings. The number of likely N-dealkylation sites (tertiary alicyclic amines) is 2. The van der Waals surface area contributed by atoms with E-state index in [0.29, 0.717) is 74.8 Å². The highest BCUT2D eigenvalue weighted by Gasteiger charge is 2.35. The third kappa shape index (κ3) is 11.5. The van der Waals surface area contributed by atoms with E-state index < -0.39 is 0 Å². The number of halogens is 3. The van der Waals surface area contributed by atoms with Gasteiger partial charge in [-0.15, -0.1) is 0 Å². The number of nitrogens with one attached hydrogen (secondary N) is 1. The average molecular weight is 1320 g/mol. The smallest absolute Gasteiger partial charge is 0.160 e. The first-order valence-electron chi connectivity index (χ1n) is 24.6. The van der Waals surface area contributed by atoms with Crippen LogP contribution in [-0.4, -0.2) is 165 Å². The van der Waals surface area contributed by atoms with Crippen molar-refractivity contribution >= 4 is 118 Å². The van der Waals surface area contributed by atoms with Gasteiger partial charge >= 0.3 is 0 Å². The van der Waals surface area contributed by atoms with Gasteiger partial charge in [0.1, 0.15) is 53.4 Å². The molecule has 6 aliphatic heterocycles. The number of rotatable bonds is 6. The standard InChI is InChI=1S/2C16H22IN5O2.C15H20IN5O2/c2*1-21-4-2-10(3-5-21)16-23-7-11(8-24-16)22-6-12(17)13-14(18)19-9-20-15(13)22;16-11-5-21(14-12(11)13(17)19-8-20-14)10-6-22-15(23-7-10)9-1-3-18-4-2-9/h2*6,9-11,16H,2-5,7-8H2,1H3,(H2,18,19,20);5,8-10,15,18H,1-4,6-7H2,(H2,17,19,20). The molecule has 71 heavy (non-hydrogen) atoms. The summed E-state index contributed by atoms with van der Waals surface area (Å²) in [6, 6.07) is 0.356. The summed E-state index contributed by atoms with van der Waals surface area (Å²) in [5, 5.41) is 6.11. The third-order valence-corrected chi connectivity index (χ3v) is 17.2. The summed E-state index contributed by atoms with van der Waals surface area (Å²) in [5.74, 6) is 3.05. The fourth-order valence-electron chi connectivity index (χ4n) is 10.6. The fraction of sp³-hybridized carbons (Fsp3) is 0.617. The number of hydrogen-bond donors (Lipinski definition) is 4. The van der Waals surface area contributed by atoms with Crippen molar-refractivity contribution in [1.29, 1.82) is 0 Å². The maximum absolute atomic E-state index is 6.07. The molecule has 7 N–H and O–H groups in total. The Labute approximate surface area is 453 Å². The number of nitrogens with zero attached hydrogens (tertiary/aromatic N) is 11. The first kappa shape index (κ1) is 51.6. The van der Waals surface area contributed by atoms with Crippen LogP contribution in [-0.2, 0) is 28.4 Å². The maximum atomic E-state index is 6.07. The molecule has 0 aliphatic carbocycles. The molecule has 0 saturated carbocycles. The van der Waals surface area contributed by atoms with Crippen LogP contribution in [0, 0.1) is 28.5 Å². The van der Waals surface area contributed by atoms with Crippen molar-refractivity contribution in [1.82, 2.24) is 58.7 Å². The predicted octanol–water partition coefficient (Wildman–Crippen LogP) is 5.28. The molecular weight excluding hydrogens is 1250 g/mol. The van der Waals surface area contributed by atoms with Crippen LogP contribution in [0.2, 0.25) is 0 Å². The van der Waals surface area contributed by atoms with Crippen molar-refractivity contribution in [3.8, 4) is 0 Å². The Balaban J connectivity index is 0.000000123. The molecule has 0 radical (unpaired) electrons. The minimum Gasteiger partial charge on any atom is -0.383 e. The topological polar surface area (TPSA) is 244 Å². The Morgan fingerprint density at radius 2 is 0.732 bits per heavy atom. The lowest BCUT2D eigenvalue weighted by molar-refractivity contribution is -0.225. The van der Waals surface area contributed by atoms with E-state index in [1.807, 2.05) is 0 Å². The normalized spacial score (nSPS) is 26.8. The summed E-state index contributed by atoms with van der Waals surface area (Å²) >= 11 is 6.82. The lowest BCUT2D eigenvalue weighted by Crippen LogP contribution is -2.42. The van der Waals surface area contributed by atoms with E-state index in [0.717, 1.165) is 122 Å². The van der Waals surface area contributed by atoms with E-state index in [-0.39, 0.29) is 37.0 Å². The summed E-state index contributed by atoms with van der Waals surface area (Å²) < 4.78 is 45.8. The lowest BCUT2D eigenvalue weighted by atomic mass is 9.96. The molecule has 6 aromatic heterocycles. The van der Waals surface area contributed by atoms with E-state index in [1.165, 1.54) is 19.0 Å². The monoisotopic (exact) mass is 1320 g/mol. The first-order chi connectivity index (χ1) is 34.5. The van der Waals surface area contributed by atoms with Gasteiger partial charge < -0.3 is 74.4 Å². The molecule has 0 atom stereocenters. The van der Waals surface area contributed by atoms with Gasteiger partial charge in [0.25, 0.3) is 0 Å². The summed E-state index contributed by atoms with van der Waals surface area (Å²) in [4.78, 5) is 30.2. The van der Waals surface area contributed by atoms with Crippen LogP contribution in [0.5, 0.6) is 0 Å². The Kier molecular flexibility index (Phi) is 16.9. The van der Waals surface area contributed by atoms with Gasteiger partial charge in [0.05, 0.1) is 73.9 Å². The molecule has 0 aromatic carbocycles. The van der Waals surface area contributed by atoms with Crippen LogP contribution in [0.25, 0.3) is 33.1 Å². The van der Waals surface area contributed by atoms with Gasteiger partial charge in [-0.05, 0) is 160 Å². The van der Waals surface area contributed by atoms with Crippen LogP contribution in [0.1, 0.15) is 56.7 Å².